The fourth-order valence-electron chi connectivity index (χ4n) is 2.11. The summed E-state index contributed by atoms with van der Waals surface area (Å²) in [7, 11) is 1.70. The lowest BCUT2D eigenvalue weighted by Crippen LogP contribution is -2.45. The van der Waals surface area contributed by atoms with Crippen LogP contribution in [0.2, 0.25) is 0 Å². The first-order valence-corrected chi connectivity index (χ1v) is 5.88. The molecule has 2 heterocycles. The number of carbonyl (C=O) groups is 2. The second kappa shape index (κ2) is 5.27. The molecule has 1 fully saturated rings. The molecule has 17 heavy (non-hydrogen) atoms. The topological polar surface area (TPSA) is 71.0 Å². The van der Waals surface area contributed by atoms with Gasteiger partial charge in [-0.05, 0) is 12.8 Å². The van der Waals surface area contributed by atoms with Crippen LogP contribution in [-0.2, 0) is 14.3 Å². The zero-order valence-corrected chi connectivity index (χ0v) is 9.94. The van der Waals surface area contributed by atoms with Gasteiger partial charge >= 0.3 is 0 Å². The summed E-state index contributed by atoms with van der Waals surface area (Å²) in [5.41, 5.74) is 2.81. The minimum atomic E-state index is -0.125. The van der Waals surface area contributed by atoms with Crippen LogP contribution in [0.1, 0.15) is 25.7 Å². The van der Waals surface area contributed by atoms with E-state index in [4.69, 9.17) is 4.74 Å². The summed E-state index contributed by atoms with van der Waals surface area (Å²) in [4.78, 5) is 24.8. The summed E-state index contributed by atoms with van der Waals surface area (Å²) in [5.74, 6) is -0.181. The quantitative estimate of drug-likeness (QED) is 0.731. The smallest absolute Gasteiger partial charge is 0.270 e. The van der Waals surface area contributed by atoms with E-state index in [0.717, 1.165) is 12.8 Å². The van der Waals surface area contributed by atoms with Gasteiger partial charge in [0.2, 0.25) is 5.91 Å². The Kier molecular flexibility index (Phi) is 3.73. The minimum Gasteiger partial charge on any atom is -0.381 e. The largest absolute Gasteiger partial charge is 0.381 e. The van der Waals surface area contributed by atoms with Crippen molar-refractivity contribution in [3.8, 4) is 0 Å². The van der Waals surface area contributed by atoms with E-state index in [0.29, 0.717) is 31.6 Å². The molecule has 0 bridgehead atoms. The molecule has 0 saturated carbocycles. The highest BCUT2D eigenvalue weighted by Crippen LogP contribution is 2.14. The Hall–Kier alpha value is -1.43. The molecule has 0 spiro atoms. The Balaban J connectivity index is 1.90. The number of carbonyl (C=O) groups excluding carboxylic acids is 2. The number of amides is 2. The molecule has 2 rings (SSSR count). The third kappa shape index (κ3) is 2.82. The van der Waals surface area contributed by atoms with Gasteiger partial charge in [0.05, 0.1) is 6.10 Å². The van der Waals surface area contributed by atoms with Gasteiger partial charge in [-0.1, -0.05) is 0 Å². The Labute approximate surface area is 100.0 Å². The van der Waals surface area contributed by atoms with Crippen molar-refractivity contribution in [1.29, 1.82) is 0 Å². The predicted molar refractivity (Wildman–Crippen MR) is 61.4 cm³/mol. The van der Waals surface area contributed by atoms with Crippen LogP contribution in [-0.4, -0.2) is 48.7 Å². The van der Waals surface area contributed by atoms with Crippen molar-refractivity contribution in [3.05, 3.63) is 0 Å². The van der Waals surface area contributed by atoms with Crippen molar-refractivity contribution >= 4 is 17.5 Å². The molecule has 0 atom stereocenters. The Morgan fingerprint density at radius 1 is 1.41 bits per heavy atom. The summed E-state index contributed by atoms with van der Waals surface area (Å²) in [6.45, 7) is 1.40. The molecule has 0 aromatic heterocycles. The number of piperidine rings is 1. The van der Waals surface area contributed by atoms with Crippen LogP contribution in [0.5, 0.6) is 0 Å². The summed E-state index contributed by atoms with van der Waals surface area (Å²) >= 11 is 0. The molecule has 2 aliphatic heterocycles. The van der Waals surface area contributed by atoms with Crippen LogP contribution < -0.4 is 5.43 Å². The van der Waals surface area contributed by atoms with Gasteiger partial charge in [-0.3, -0.25) is 9.59 Å². The molecule has 2 aliphatic rings. The van der Waals surface area contributed by atoms with E-state index in [2.05, 4.69) is 10.5 Å². The van der Waals surface area contributed by atoms with Gasteiger partial charge in [0.15, 0.2) is 0 Å². The summed E-state index contributed by atoms with van der Waals surface area (Å²) < 4.78 is 5.25. The third-order valence-corrected chi connectivity index (χ3v) is 3.21. The monoisotopic (exact) mass is 239 g/mol. The van der Waals surface area contributed by atoms with E-state index in [9.17, 15) is 9.59 Å². The van der Waals surface area contributed by atoms with E-state index in [-0.39, 0.29) is 17.9 Å². The number of ether oxygens (including phenoxy) is 1. The highest BCUT2D eigenvalue weighted by atomic mass is 16.5. The number of hydrogen-bond acceptors (Lipinski definition) is 4. The molecule has 0 unspecified atom stereocenters. The van der Waals surface area contributed by atoms with E-state index >= 15 is 0 Å². The lowest BCUT2D eigenvalue weighted by Gasteiger charge is -2.31. The molecule has 0 aromatic rings. The molecule has 2 amide bonds. The highest BCUT2D eigenvalue weighted by molar-refractivity contribution is 6.39. The number of rotatable bonds is 2. The summed E-state index contributed by atoms with van der Waals surface area (Å²) in [6, 6.07) is 0. The van der Waals surface area contributed by atoms with Crippen LogP contribution in [0.25, 0.3) is 0 Å². The van der Waals surface area contributed by atoms with Crippen LogP contribution in [0, 0.1) is 0 Å². The van der Waals surface area contributed by atoms with Crippen LogP contribution in [0.15, 0.2) is 5.10 Å². The second-order valence-corrected chi connectivity index (χ2v) is 4.32. The molecule has 0 radical (unpaired) electrons. The number of nitrogens with one attached hydrogen (secondary N) is 1. The van der Waals surface area contributed by atoms with Crippen LogP contribution in [0.3, 0.4) is 0 Å². The second-order valence-electron chi connectivity index (χ2n) is 4.32. The minimum absolute atomic E-state index is 0.0560. The van der Waals surface area contributed by atoms with Crippen LogP contribution >= 0.6 is 0 Å². The molecule has 1 saturated heterocycles. The first kappa shape index (κ1) is 12.0. The summed E-state index contributed by atoms with van der Waals surface area (Å²) in [6.07, 6.45) is 2.77. The molecule has 6 nitrogen and oxygen atoms in total. The fraction of sp³-hybridized carbons (Fsp3) is 0.727. The average Bonchev–Trinajstić information content (AvgIpc) is 2.39. The Morgan fingerprint density at radius 3 is 2.65 bits per heavy atom. The van der Waals surface area contributed by atoms with E-state index < -0.39 is 0 Å². The molecule has 0 aromatic carbocycles. The molecular formula is C11H17N3O3. The first-order chi connectivity index (χ1) is 8.20. The molecular weight excluding hydrogens is 222 g/mol. The maximum Gasteiger partial charge on any atom is 0.270 e. The summed E-state index contributed by atoms with van der Waals surface area (Å²) in [5, 5.41) is 3.82. The van der Waals surface area contributed by atoms with Gasteiger partial charge in [-0.15, -0.1) is 0 Å². The number of nitrogens with zero attached hydrogens (tertiary/aromatic N) is 2. The van der Waals surface area contributed by atoms with E-state index in [1.165, 1.54) is 0 Å². The average molecular weight is 239 g/mol. The van der Waals surface area contributed by atoms with Crippen molar-refractivity contribution in [2.75, 3.05) is 20.2 Å². The fourth-order valence-corrected chi connectivity index (χ4v) is 2.11. The predicted octanol–water partition coefficient (Wildman–Crippen LogP) is -0.110. The van der Waals surface area contributed by atoms with Crippen molar-refractivity contribution in [2.24, 2.45) is 5.10 Å². The van der Waals surface area contributed by atoms with Crippen molar-refractivity contribution < 1.29 is 14.3 Å². The third-order valence-electron chi connectivity index (χ3n) is 3.21. The van der Waals surface area contributed by atoms with Gasteiger partial charge in [0.1, 0.15) is 5.71 Å². The number of hydrazone groups is 1. The first-order valence-electron chi connectivity index (χ1n) is 5.88. The SMILES string of the molecule is COC1CCN(C(=O)C2=NNC(=O)CC2)CC1. The molecule has 0 aliphatic carbocycles. The Morgan fingerprint density at radius 2 is 2.12 bits per heavy atom. The standard InChI is InChI=1S/C11H17N3O3/c1-17-8-4-6-14(7-5-8)11(16)9-2-3-10(15)13-12-9/h8H,2-7H2,1H3,(H,13,15). The zero-order chi connectivity index (χ0) is 12.3. The van der Waals surface area contributed by atoms with E-state index in [1.807, 2.05) is 0 Å². The van der Waals surface area contributed by atoms with Gasteiger partial charge in [-0.2, -0.15) is 5.10 Å². The maximum absolute atomic E-state index is 12.1. The van der Waals surface area contributed by atoms with E-state index in [1.54, 1.807) is 12.0 Å². The molecule has 1 N–H and O–H groups in total. The van der Waals surface area contributed by atoms with Crippen molar-refractivity contribution in [1.82, 2.24) is 10.3 Å². The van der Waals surface area contributed by atoms with Gasteiger partial charge < -0.3 is 9.64 Å². The van der Waals surface area contributed by atoms with Crippen molar-refractivity contribution in [3.63, 3.8) is 0 Å². The van der Waals surface area contributed by atoms with Gasteiger partial charge in [0, 0.05) is 33.0 Å². The number of likely N-dealkylation sites (tertiary alicyclic amines) is 1. The van der Waals surface area contributed by atoms with Crippen LogP contribution in [0.4, 0.5) is 0 Å². The lowest BCUT2D eigenvalue weighted by atomic mass is 10.1. The Bertz CT molecular complexity index is 346. The zero-order valence-electron chi connectivity index (χ0n) is 9.94. The lowest BCUT2D eigenvalue weighted by molar-refractivity contribution is -0.126. The highest BCUT2D eigenvalue weighted by Gasteiger charge is 2.27. The number of methoxy groups -OCH3 is 1. The molecule has 94 valence electrons. The van der Waals surface area contributed by atoms with Gasteiger partial charge in [0.25, 0.3) is 5.91 Å². The normalized spacial score (nSPS) is 22.1. The molecule has 6 heteroatoms. The maximum atomic E-state index is 12.1. The van der Waals surface area contributed by atoms with Gasteiger partial charge in [-0.25, -0.2) is 5.43 Å². The van der Waals surface area contributed by atoms with Crippen molar-refractivity contribution in [2.45, 2.75) is 31.8 Å². The number of hydrogen-bond donors (Lipinski definition) is 1.